The molecule has 17 heavy (non-hydrogen) atoms. The fourth-order valence-electron chi connectivity index (χ4n) is 1.59. The van der Waals surface area contributed by atoms with Gasteiger partial charge in [0.2, 0.25) is 0 Å². The van der Waals surface area contributed by atoms with Crippen molar-refractivity contribution in [2.45, 2.75) is 26.9 Å². The molecule has 1 aromatic rings. The van der Waals surface area contributed by atoms with Crippen LogP contribution in [-0.2, 0) is 0 Å². The maximum atomic E-state index is 13.7. The molecule has 1 aromatic carbocycles. The average Bonchev–Trinajstić information content (AvgIpc) is 2.26. The molecule has 0 saturated heterocycles. The van der Waals surface area contributed by atoms with Gasteiger partial charge in [-0.15, -0.1) is 0 Å². The van der Waals surface area contributed by atoms with Crippen LogP contribution in [0.5, 0.6) is 5.75 Å². The molecule has 2 unspecified atom stereocenters. The minimum absolute atomic E-state index is 0.105. The van der Waals surface area contributed by atoms with Crippen LogP contribution in [0.2, 0.25) is 0 Å². The molecule has 0 amide bonds. The summed E-state index contributed by atoms with van der Waals surface area (Å²) in [6.07, 6.45) is -1.15. The smallest absolute Gasteiger partial charge is 0.135 e. The van der Waals surface area contributed by atoms with Gasteiger partial charge in [-0.3, -0.25) is 0 Å². The van der Waals surface area contributed by atoms with E-state index >= 15 is 0 Å². The topological polar surface area (TPSA) is 29.5 Å². The van der Waals surface area contributed by atoms with E-state index < -0.39 is 17.7 Å². The van der Waals surface area contributed by atoms with Crippen molar-refractivity contribution in [3.63, 3.8) is 0 Å². The lowest BCUT2D eigenvalue weighted by atomic mass is 9.88. The largest absolute Gasteiger partial charge is 0.497 e. The summed E-state index contributed by atoms with van der Waals surface area (Å²) in [6.45, 7) is 5.55. The number of rotatable bonds is 4. The number of halogens is 2. The normalized spacial score (nSPS) is 14.8. The molecule has 1 rings (SSSR count). The van der Waals surface area contributed by atoms with E-state index in [9.17, 15) is 13.9 Å². The lowest BCUT2D eigenvalue weighted by Gasteiger charge is -2.23. The van der Waals surface area contributed by atoms with E-state index in [1.807, 2.05) is 13.8 Å². The molecule has 0 spiro atoms. The van der Waals surface area contributed by atoms with Gasteiger partial charge in [-0.05, 0) is 11.8 Å². The lowest BCUT2D eigenvalue weighted by Crippen LogP contribution is -2.17. The molecule has 96 valence electrons. The number of aliphatic hydroxyl groups excluding tert-OH is 1. The predicted octanol–water partition coefficient (Wildman–Crippen LogP) is 3.30. The van der Waals surface area contributed by atoms with Crippen molar-refractivity contribution in [3.05, 3.63) is 29.3 Å². The summed E-state index contributed by atoms with van der Waals surface area (Å²) in [6, 6.07) is 2.16. The summed E-state index contributed by atoms with van der Waals surface area (Å²) in [4.78, 5) is 0. The number of benzene rings is 1. The van der Waals surface area contributed by atoms with Crippen molar-refractivity contribution >= 4 is 0 Å². The SMILES string of the molecule is COc1cc(F)c(C(O)C(C)C(C)C)c(F)c1. The molecule has 4 heteroatoms. The van der Waals surface area contributed by atoms with E-state index in [1.54, 1.807) is 6.92 Å². The molecule has 0 radical (unpaired) electrons. The Morgan fingerprint density at radius 1 is 1.12 bits per heavy atom. The maximum absolute atomic E-state index is 13.7. The molecule has 2 nitrogen and oxygen atoms in total. The summed E-state index contributed by atoms with van der Waals surface area (Å²) in [7, 11) is 1.33. The second kappa shape index (κ2) is 5.45. The van der Waals surface area contributed by atoms with E-state index in [0.29, 0.717) is 0 Å². The molecule has 0 aliphatic rings. The molecule has 0 saturated carbocycles. The highest BCUT2D eigenvalue weighted by Gasteiger charge is 2.26. The Hall–Kier alpha value is -1.16. The minimum atomic E-state index is -1.15. The van der Waals surface area contributed by atoms with Crippen LogP contribution in [-0.4, -0.2) is 12.2 Å². The van der Waals surface area contributed by atoms with Crippen molar-refractivity contribution in [2.75, 3.05) is 7.11 Å². The zero-order valence-electron chi connectivity index (χ0n) is 10.5. The fourth-order valence-corrected chi connectivity index (χ4v) is 1.59. The molecule has 0 aliphatic carbocycles. The van der Waals surface area contributed by atoms with Crippen LogP contribution in [0.25, 0.3) is 0 Å². The van der Waals surface area contributed by atoms with Gasteiger partial charge in [-0.1, -0.05) is 20.8 Å². The number of aliphatic hydroxyl groups is 1. The first-order valence-electron chi connectivity index (χ1n) is 5.59. The van der Waals surface area contributed by atoms with E-state index in [2.05, 4.69) is 0 Å². The molecular formula is C13H18F2O2. The van der Waals surface area contributed by atoms with Crippen LogP contribution in [0.3, 0.4) is 0 Å². The summed E-state index contributed by atoms with van der Waals surface area (Å²) in [5.74, 6) is -1.55. The van der Waals surface area contributed by atoms with Gasteiger partial charge in [-0.2, -0.15) is 0 Å². The summed E-state index contributed by atoms with van der Waals surface area (Å²) < 4.78 is 32.1. The monoisotopic (exact) mass is 244 g/mol. The lowest BCUT2D eigenvalue weighted by molar-refractivity contribution is 0.0849. The van der Waals surface area contributed by atoms with Gasteiger partial charge >= 0.3 is 0 Å². The van der Waals surface area contributed by atoms with Crippen LogP contribution < -0.4 is 4.74 Å². The van der Waals surface area contributed by atoms with Gasteiger partial charge < -0.3 is 9.84 Å². The average molecular weight is 244 g/mol. The molecule has 2 atom stereocenters. The van der Waals surface area contributed by atoms with Crippen LogP contribution in [0, 0.1) is 23.5 Å². The highest BCUT2D eigenvalue weighted by Crippen LogP contribution is 2.32. The van der Waals surface area contributed by atoms with Gasteiger partial charge in [0.05, 0.1) is 18.8 Å². The first-order valence-corrected chi connectivity index (χ1v) is 5.59. The second-order valence-electron chi connectivity index (χ2n) is 4.55. The Labute approximate surface area is 100 Å². The summed E-state index contributed by atoms with van der Waals surface area (Å²) in [5.41, 5.74) is -0.285. The standard InChI is InChI=1S/C13H18F2O2/c1-7(2)8(3)13(16)12-10(14)5-9(17-4)6-11(12)15/h5-8,13,16H,1-4H3. The van der Waals surface area contributed by atoms with Crippen molar-refractivity contribution in [2.24, 2.45) is 11.8 Å². The Morgan fingerprint density at radius 2 is 1.59 bits per heavy atom. The van der Waals surface area contributed by atoms with Crippen LogP contribution in [0.1, 0.15) is 32.4 Å². The summed E-state index contributed by atoms with van der Waals surface area (Å²) in [5, 5.41) is 9.96. The van der Waals surface area contributed by atoms with Gasteiger partial charge in [0, 0.05) is 12.1 Å². The zero-order chi connectivity index (χ0) is 13.2. The number of hydrogen-bond acceptors (Lipinski definition) is 2. The first-order chi connectivity index (χ1) is 7.88. The van der Waals surface area contributed by atoms with Crippen LogP contribution >= 0.6 is 0 Å². The van der Waals surface area contributed by atoms with Crippen LogP contribution in [0.15, 0.2) is 12.1 Å². The van der Waals surface area contributed by atoms with Gasteiger partial charge in [0.15, 0.2) is 0 Å². The van der Waals surface area contributed by atoms with Crippen molar-refractivity contribution < 1.29 is 18.6 Å². The van der Waals surface area contributed by atoms with Gasteiger partial charge in [-0.25, -0.2) is 8.78 Å². The molecule has 1 N–H and O–H groups in total. The highest BCUT2D eigenvalue weighted by molar-refractivity contribution is 5.32. The van der Waals surface area contributed by atoms with Gasteiger partial charge in [0.25, 0.3) is 0 Å². The molecular weight excluding hydrogens is 226 g/mol. The quantitative estimate of drug-likeness (QED) is 0.880. The predicted molar refractivity (Wildman–Crippen MR) is 61.9 cm³/mol. The second-order valence-corrected chi connectivity index (χ2v) is 4.55. The Bertz CT molecular complexity index is 368. The molecule has 0 fully saturated rings. The Morgan fingerprint density at radius 3 is 1.94 bits per heavy atom. The van der Waals surface area contributed by atoms with E-state index in [1.165, 1.54) is 7.11 Å². The number of methoxy groups -OCH3 is 1. The van der Waals surface area contributed by atoms with E-state index in [4.69, 9.17) is 4.74 Å². The minimum Gasteiger partial charge on any atom is -0.497 e. The Kier molecular flexibility index (Phi) is 4.46. The summed E-state index contributed by atoms with van der Waals surface area (Å²) >= 11 is 0. The third-order valence-corrected chi connectivity index (χ3v) is 3.13. The molecule has 0 bridgehead atoms. The molecule has 0 aliphatic heterocycles. The molecule has 0 heterocycles. The van der Waals surface area contributed by atoms with Crippen LogP contribution in [0.4, 0.5) is 8.78 Å². The zero-order valence-corrected chi connectivity index (χ0v) is 10.5. The molecule has 0 aromatic heterocycles. The fraction of sp³-hybridized carbons (Fsp3) is 0.538. The van der Waals surface area contributed by atoms with Gasteiger partial charge in [0.1, 0.15) is 17.4 Å². The third-order valence-electron chi connectivity index (χ3n) is 3.13. The Balaban J connectivity index is 3.14. The number of hydrogen-bond donors (Lipinski definition) is 1. The van der Waals surface area contributed by atoms with Crippen molar-refractivity contribution in [1.82, 2.24) is 0 Å². The third kappa shape index (κ3) is 2.94. The first kappa shape index (κ1) is 13.9. The van der Waals surface area contributed by atoms with Crippen molar-refractivity contribution in [1.29, 1.82) is 0 Å². The number of ether oxygens (including phenoxy) is 1. The highest BCUT2D eigenvalue weighted by atomic mass is 19.1. The van der Waals surface area contributed by atoms with E-state index in [0.717, 1.165) is 12.1 Å². The van der Waals surface area contributed by atoms with E-state index in [-0.39, 0.29) is 23.1 Å². The van der Waals surface area contributed by atoms with Crippen molar-refractivity contribution in [3.8, 4) is 5.75 Å². The maximum Gasteiger partial charge on any atom is 0.135 e.